The van der Waals surface area contributed by atoms with E-state index in [1.54, 1.807) is 19.2 Å². The number of carbonyl (C=O) groups excluding carboxylic acids is 1. The van der Waals surface area contributed by atoms with E-state index in [4.69, 9.17) is 9.63 Å². The van der Waals surface area contributed by atoms with E-state index < -0.39 is 11.8 Å². The first-order valence-electron chi connectivity index (χ1n) is 8.11. The summed E-state index contributed by atoms with van der Waals surface area (Å²) in [5, 5.41) is 12.8. The second kappa shape index (κ2) is 7.77. The van der Waals surface area contributed by atoms with Crippen molar-refractivity contribution >= 4 is 11.9 Å². The zero-order chi connectivity index (χ0) is 19.4. The molecule has 0 aliphatic heterocycles. The van der Waals surface area contributed by atoms with Gasteiger partial charge in [0.2, 0.25) is 0 Å². The molecule has 138 valence electrons. The number of carboxylic acids is 1. The summed E-state index contributed by atoms with van der Waals surface area (Å²) in [4.78, 5) is 28.9. The van der Waals surface area contributed by atoms with Crippen LogP contribution in [0.1, 0.15) is 26.5 Å². The van der Waals surface area contributed by atoms with Crippen LogP contribution in [-0.4, -0.2) is 45.6 Å². The highest BCUT2D eigenvalue weighted by Crippen LogP contribution is 2.18. The minimum atomic E-state index is -1.01. The number of carbonyl (C=O) groups is 2. The predicted molar refractivity (Wildman–Crippen MR) is 93.8 cm³/mol. The number of likely N-dealkylation sites (N-methyl/N-ethyl adjacent to an activating group) is 1. The van der Waals surface area contributed by atoms with Gasteiger partial charge in [-0.15, -0.1) is 0 Å². The van der Waals surface area contributed by atoms with Crippen LogP contribution >= 0.6 is 0 Å². The molecule has 0 bridgehead atoms. The number of rotatable bonds is 6. The third kappa shape index (κ3) is 4.35. The lowest BCUT2D eigenvalue weighted by Gasteiger charge is -2.16. The highest BCUT2D eigenvalue weighted by atomic mass is 19.1. The maximum absolute atomic E-state index is 12.9. The second-order valence-corrected chi connectivity index (χ2v) is 5.88. The zero-order valence-electron chi connectivity index (χ0n) is 14.4. The van der Waals surface area contributed by atoms with Crippen LogP contribution in [0.15, 0.2) is 53.1 Å². The summed E-state index contributed by atoms with van der Waals surface area (Å²) < 4.78 is 18.1. The van der Waals surface area contributed by atoms with Gasteiger partial charge in [0.15, 0.2) is 5.82 Å². The van der Waals surface area contributed by atoms with Gasteiger partial charge in [0, 0.05) is 31.1 Å². The monoisotopic (exact) mass is 369 g/mol. The predicted octanol–water partition coefficient (Wildman–Crippen LogP) is 2.89. The van der Waals surface area contributed by atoms with Crippen molar-refractivity contribution in [1.29, 1.82) is 0 Å². The van der Waals surface area contributed by atoms with Crippen molar-refractivity contribution in [3.63, 3.8) is 0 Å². The molecule has 0 radical (unpaired) electrons. The number of hydrogen-bond donors (Lipinski definition) is 1. The molecule has 0 aliphatic carbocycles. The number of carboxylic acid groups (broad SMARTS) is 1. The van der Waals surface area contributed by atoms with Crippen molar-refractivity contribution in [3.8, 4) is 11.5 Å². The molecule has 3 aromatic rings. The molecular formula is C19H16FN3O4. The summed E-state index contributed by atoms with van der Waals surface area (Å²) in [6.07, 6.45) is 0.375. The van der Waals surface area contributed by atoms with Gasteiger partial charge in [-0.25, -0.2) is 9.18 Å². The first kappa shape index (κ1) is 18.2. The second-order valence-electron chi connectivity index (χ2n) is 5.88. The van der Waals surface area contributed by atoms with Crippen molar-refractivity contribution in [1.82, 2.24) is 15.0 Å². The Kier molecular flexibility index (Phi) is 5.25. The van der Waals surface area contributed by atoms with Crippen molar-refractivity contribution in [2.24, 2.45) is 0 Å². The Morgan fingerprint density at radius 2 is 1.70 bits per heavy atom. The van der Waals surface area contributed by atoms with E-state index in [1.807, 2.05) is 0 Å². The first-order chi connectivity index (χ1) is 12.9. The maximum Gasteiger partial charge on any atom is 0.335 e. The summed E-state index contributed by atoms with van der Waals surface area (Å²) in [5.74, 6) is -0.949. The minimum absolute atomic E-state index is 0.166. The van der Waals surface area contributed by atoms with Gasteiger partial charge in [-0.1, -0.05) is 5.16 Å². The van der Waals surface area contributed by atoms with Crippen LogP contribution in [0.5, 0.6) is 0 Å². The number of halogens is 1. The standard InChI is InChI=1S/C19H16FN3O4/c1-23(18(24)13-6-8-15(20)9-7-13)11-10-16-21-17(27-22-16)12-2-4-14(5-3-12)19(25)26/h2-9H,10-11H2,1H3,(H,25,26). The molecule has 3 rings (SSSR count). The minimum Gasteiger partial charge on any atom is -0.478 e. The van der Waals surface area contributed by atoms with Crippen molar-refractivity contribution < 1.29 is 23.6 Å². The van der Waals surface area contributed by atoms with Crippen molar-refractivity contribution in [3.05, 3.63) is 71.3 Å². The molecule has 2 aromatic carbocycles. The molecule has 0 saturated heterocycles. The summed E-state index contributed by atoms with van der Waals surface area (Å²) in [5.41, 5.74) is 1.17. The molecule has 27 heavy (non-hydrogen) atoms. The Morgan fingerprint density at radius 1 is 1.07 bits per heavy atom. The van der Waals surface area contributed by atoms with Crippen LogP contribution in [-0.2, 0) is 6.42 Å². The highest BCUT2D eigenvalue weighted by Gasteiger charge is 2.14. The van der Waals surface area contributed by atoms with E-state index in [9.17, 15) is 14.0 Å². The van der Waals surface area contributed by atoms with E-state index in [-0.39, 0.29) is 17.4 Å². The van der Waals surface area contributed by atoms with Crippen LogP contribution in [0.25, 0.3) is 11.5 Å². The van der Waals surface area contributed by atoms with E-state index in [1.165, 1.54) is 41.3 Å². The van der Waals surface area contributed by atoms with Gasteiger partial charge < -0.3 is 14.5 Å². The van der Waals surface area contributed by atoms with Crippen molar-refractivity contribution in [2.75, 3.05) is 13.6 Å². The number of nitrogens with zero attached hydrogens (tertiary/aromatic N) is 3. The highest BCUT2D eigenvalue weighted by molar-refractivity contribution is 5.94. The first-order valence-corrected chi connectivity index (χ1v) is 8.11. The third-order valence-electron chi connectivity index (χ3n) is 3.96. The van der Waals surface area contributed by atoms with Crippen LogP contribution in [0.2, 0.25) is 0 Å². The average Bonchev–Trinajstić information content (AvgIpc) is 3.15. The van der Waals surface area contributed by atoms with Gasteiger partial charge in [-0.3, -0.25) is 4.79 Å². The number of aromatic carboxylic acids is 1. The fraction of sp³-hybridized carbons (Fsp3) is 0.158. The number of amides is 1. The number of benzene rings is 2. The summed E-state index contributed by atoms with van der Waals surface area (Å²) in [6.45, 7) is 0.354. The van der Waals surface area contributed by atoms with Gasteiger partial charge >= 0.3 is 5.97 Å². The average molecular weight is 369 g/mol. The maximum atomic E-state index is 12.9. The van der Waals surface area contributed by atoms with Gasteiger partial charge in [0.05, 0.1) is 5.56 Å². The molecule has 8 heteroatoms. The van der Waals surface area contributed by atoms with Crippen LogP contribution in [0.3, 0.4) is 0 Å². The molecule has 0 fully saturated rings. The topological polar surface area (TPSA) is 96.5 Å². The lowest BCUT2D eigenvalue weighted by molar-refractivity contribution is 0.0696. The van der Waals surface area contributed by atoms with Crippen molar-refractivity contribution in [2.45, 2.75) is 6.42 Å². The fourth-order valence-electron chi connectivity index (χ4n) is 2.41. The quantitative estimate of drug-likeness (QED) is 0.718. The van der Waals surface area contributed by atoms with Gasteiger partial charge in [0.1, 0.15) is 5.82 Å². The molecule has 1 heterocycles. The third-order valence-corrected chi connectivity index (χ3v) is 3.96. The number of hydrogen-bond acceptors (Lipinski definition) is 5. The molecular weight excluding hydrogens is 353 g/mol. The molecule has 0 saturated carbocycles. The Bertz CT molecular complexity index is 952. The Morgan fingerprint density at radius 3 is 2.33 bits per heavy atom. The largest absolute Gasteiger partial charge is 0.478 e. The van der Waals surface area contributed by atoms with Crippen LogP contribution in [0.4, 0.5) is 4.39 Å². The molecule has 0 unspecified atom stereocenters. The lowest BCUT2D eigenvalue weighted by atomic mass is 10.1. The van der Waals surface area contributed by atoms with Gasteiger partial charge in [-0.2, -0.15) is 4.98 Å². The summed E-state index contributed by atoms with van der Waals surface area (Å²) in [7, 11) is 1.64. The smallest absolute Gasteiger partial charge is 0.335 e. The molecule has 0 atom stereocenters. The van der Waals surface area contributed by atoms with Gasteiger partial charge in [-0.05, 0) is 48.5 Å². The Hall–Kier alpha value is -3.55. The van der Waals surface area contributed by atoms with Crippen LogP contribution < -0.4 is 0 Å². The van der Waals surface area contributed by atoms with E-state index in [0.29, 0.717) is 29.9 Å². The lowest BCUT2D eigenvalue weighted by Crippen LogP contribution is -2.29. The van der Waals surface area contributed by atoms with E-state index in [0.717, 1.165) is 0 Å². The molecule has 0 aliphatic rings. The number of aromatic nitrogens is 2. The summed E-state index contributed by atoms with van der Waals surface area (Å²) >= 11 is 0. The van der Waals surface area contributed by atoms with Gasteiger partial charge in [0.25, 0.3) is 11.8 Å². The molecule has 1 amide bonds. The zero-order valence-corrected chi connectivity index (χ0v) is 14.4. The van der Waals surface area contributed by atoms with E-state index in [2.05, 4.69) is 10.1 Å². The Labute approximate surface area is 154 Å². The normalized spacial score (nSPS) is 10.6. The molecule has 0 spiro atoms. The molecule has 1 N–H and O–H groups in total. The molecule has 7 nitrogen and oxygen atoms in total. The van der Waals surface area contributed by atoms with E-state index >= 15 is 0 Å². The molecule has 1 aromatic heterocycles. The summed E-state index contributed by atoms with van der Waals surface area (Å²) in [6, 6.07) is 11.4. The Balaban J connectivity index is 1.61. The van der Waals surface area contributed by atoms with Crippen LogP contribution in [0, 0.1) is 5.82 Å². The SMILES string of the molecule is CN(CCc1noc(-c2ccc(C(=O)O)cc2)n1)C(=O)c1ccc(F)cc1. The fourth-order valence-corrected chi connectivity index (χ4v) is 2.41.